The minimum atomic E-state index is -0.128. The Balaban J connectivity index is 1.53. The largest absolute Gasteiger partial charge is 0.364 e. The molecular weight excluding hydrogens is 336 g/mol. The summed E-state index contributed by atoms with van der Waals surface area (Å²) < 4.78 is 0. The first-order valence-corrected chi connectivity index (χ1v) is 8.23. The summed E-state index contributed by atoms with van der Waals surface area (Å²) in [5.74, 6) is 0.905. The van der Waals surface area contributed by atoms with Gasteiger partial charge in [0.1, 0.15) is 5.82 Å². The molecule has 0 saturated heterocycles. The Hall–Kier alpha value is -2.92. The molecule has 0 aliphatic rings. The first-order chi connectivity index (χ1) is 12.2. The summed E-state index contributed by atoms with van der Waals surface area (Å²) in [4.78, 5) is 12.0. The lowest BCUT2D eigenvalue weighted by atomic mass is 10.1. The molecule has 1 amide bonds. The van der Waals surface area contributed by atoms with Crippen molar-refractivity contribution in [3.8, 4) is 0 Å². The van der Waals surface area contributed by atoms with Gasteiger partial charge in [-0.15, -0.1) is 10.2 Å². The van der Waals surface area contributed by atoms with Crippen molar-refractivity contribution >= 4 is 29.1 Å². The minimum absolute atomic E-state index is 0.128. The fraction of sp³-hybridized carbons (Fsp3) is 0.105. The molecule has 126 valence electrons. The zero-order valence-corrected chi connectivity index (χ0v) is 14.2. The quantitative estimate of drug-likeness (QED) is 0.705. The van der Waals surface area contributed by atoms with Crippen LogP contribution in [0.15, 0.2) is 66.7 Å². The Morgan fingerprint density at radius 3 is 2.28 bits per heavy atom. The highest BCUT2D eigenvalue weighted by Crippen LogP contribution is 2.16. The number of hydrogen-bond acceptors (Lipinski definition) is 4. The van der Waals surface area contributed by atoms with Crippen molar-refractivity contribution in [1.82, 2.24) is 10.2 Å². The van der Waals surface area contributed by atoms with Crippen molar-refractivity contribution in [1.29, 1.82) is 0 Å². The maximum atomic E-state index is 12.0. The molecule has 25 heavy (non-hydrogen) atoms. The number of carbonyl (C=O) groups is 1. The van der Waals surface area contributed by atoms with Gasteiger partial charge in [0.25, 0.3) is 0 Å². The van der Waals surface area contributed by atoms with Gasteiger partial charge in [0.2, 0.25) is 5.91 Å². The van der Waals surface area contributed by atoms with Crippen LogP contribution >= 0.6 is 11.6 Å². The Kier molecular flexibility index (Phi) is 5.59. The van der Waals surface area contributed by atoms with E-state index in [1.54, 1.807) is 12.1 Å². The van der Waals surface area contributed by atoms with Crippen LogP contribution < -0.4 is 10.6 Å². The molecule has 6 heteroatoms. The lowest BCUT2D eigenvalue weighted by Crippen LogP contribution is -2.15. The molecule has 0 radical (unpaired) electrons. The second kappa shape index (κ2) is 8.26. The van der Waals surface area contributed by atoms with Crippen LogP contribution in [-0.2, 0) is 17.8 Å². The van der Waals surface area contributed by atoms with E-state index in [1.165, 1.54) is 0 Å². The number of halogens is 1. The highest BCUT2D eigenvalue weighted by molar-refractivity contribution is 6.31. The predicted molar refractivity (Wildman–Crippen MR) is 99.6 cm³/mol. The molecule has 0 bridgehead atoms. The number of carbonyl (C=O) groups excluding carboxylic acids is 1. The molecule has 0 aliphatic heterocycles. The summed E-state index contributed by atoms with van der Waals surface area (Å²) in [6.45, 7) is 0.550. The average molecular weight is 353 g/mol. The summed E-state index contributed by atoms with van der Waals surface area (Å²) in [5, 5.41) is 14.7. The minimum Gasteiger partial charge on any atom is -0.364 e. The average Bonchev–Trinajstić information content (AvgIpc) is 2.63. The van der Waals surface area contributed by atoms with Gasteiger partial charge in [0.15, 0.2) is 5.82 Å². The number of nitrogens with zero attached hydrogens (tertiary/aromatic N) is 2. The molecule has 2 N–H and O–H groups in total. The number of anilines is 2. The molecule has 1 aromatic heterocycles. The number of nitrogens with one attached hydrogen (secondary N) is 2. The van der Waals surface area contributed by atoms with Gasteiger partial charge in [-0.05, 0) is 29.3 Å². The number of rotatable bonds is 6. The summed E-state index contributed by atoms with van der Waals surface area (Å²) in [6.07, 6.45) is 0.301. The van der Waals surface area contributed by atoms with Gasteiger partial charge in [0, 0.05) is 11.6 Å². The van der Waals surface area contributed by atoms with Crippen molar-refractivity contribution in [2.75, 3.05) is 10.6 Å². The zero-order chi connectivity index (χ0) is 17.5. The third-order valence-electron chi connectivity index (χ3n) is 3.56. The van der Waals surface area contributed by atoms with E-state index < -0.39 is 0 Å². The molecular formula is C19H17ClN4O. The molecule has 3 aromatic rings. The second-order valence-corrected chi connectivity index (χ2v) is 5.87. The monoisotopic (exact) mass is 352 g/mol. The van der Waals surface area contributed by atoms with Gasteiger partial charge < -0.3 is 10.6 Å². The smallest absolute Gasteiger partial charge is 0.229 e. The number of amides is 1. The standard InChI is InChI=1S/C19H17ClN4O/c20-16-9-5-4-8-15(16)13-21-17-10-11-18(24-23-17)22-19(25)12-14-6-2-1-3-7-14/h1-11H,12-13H2,(H,21,23)(H,22,24,25). The highest BCUT2D eigenvalue weighted by atomic mass is 35.5. The summed E-state index contributed by atoms with van der Waals surface area (Å²) in [6, 6.07) is 20.6. The summed E-state index contributed by atoms with van der Waals surface area (Å²) >= 11 is 6.12. The van der Waals surface area contributed by atoms with Gasteiger partial charge in [-0.2, -0.15) is 0 Å². The second-order valence-electron chi connectivity index (χ2n) is 5.46. The van der Waals surface area contributed by atoms with E-state index in [4.69, 9.17) is 11.6 Å². The van der Waals surface area contributed by atoms with Crippen molar-refractivity contribution in [3.05, 3.63) is 82.9 Å². The molecule has 0 atom stereocenters. The Bertz CT molecular complexity index is 838. The third-order valence-corrected chi connectivity index (χ3v) is 3.93. The van der Waals surface area contributed by atoms with Gasteiger partial charge >= 0.3 is 0 Å². The summed E-state index contributed by atoms with van der Waals surface area (Å²) in [5.41, 5.74) is 1.93. The van der Waals surface area contributed by atoms with E-state index in [1.807, 2.05) is 54.6 Å². The molecule has 0 saturated carbocycles. The topological polar surface area (TPSA) is 66.9 Å². The molecule has 5 nitrogen and oxygen atoms in total. The molecule has 2 aromatic carbocycles. The maximum absolute atomic E-state index is 12.0. The Labute approximate surface area is 151 Å². The van der Waals surface area contributed by atoms with E-state index in [9.17, 15) is 4.79 Å². The van der Waals surface area contributed by atoms with E-state index in [-0.39, 0.29) is 5.91 Å². The molecule has 1 heterocycles. The van der Waals surface area contributed by atoms with E-state index in [0.717, 1.165) is 11.1 Å². The SMILES string of the molecule is O=C(Cc1ccccc1)Nc1ccc(NCc2ccccc2Cl)nn1. The highest BCUT2D eigenvalue weighted by Gasteiger charge is 2.06. The fourth-order valence-electron chi connectivity index (χ4n) is 2.29. The molecule has 0 fully saturated rings. The van der Waals surface area contributed by atoms with Crippen LogP contribution in [0.4, 0.5) is 11.6 Å². The maximum Gasteiger partial charge on any atom is 0.229 e. The van der Waals surface area contributed by atoms with Crippen LogP contribution in [0.25, 0.3) is 0 Å². The third kappa shape index (κ3) is 5.02. The van der Waals surface area contributed by atoms with Crippen LogP contribution in [-0.4, -0.2) is 16.1 Å². The van der Waals surface area contributed by atoms with E-state index in [2.05, 4.69) is 20.8 Å². The number of hydrogen-bond donors (Lipinski definition) is 2. The van der Waals surface area contributed by atoms with Crippen LogP contribution in [0.5, 0.6) is 0 Å². The normalized spacial score (nSPS) is 10.3. The van der Waals surface area contributed by atoms with Crippen LogP contribution in [0, 0.1) is 0 Å². The first-order valence-electron chi connectivity index (χ1n) is 7.85. The molecule has 0 spiro atoms. The molecule has 0 unspecified atom stereocenters. The Morgan fingerprint density at radius 1 is 0.880 bits per heavy atom. The molecule has 3 rings (SSSR count). The molecule has 0 aliphatic carbocycles. The van der Waals surface area contributed by atoms with Gasteiger partial charge in [0.05, 0.1) is 6.42 Å². The van der Waals surface area contributed by atoms with Gasteiger partial charge in [-0.1, -0.05) is 60.1 Å². The predicted octanol–water partition coefficient (Wildman–Crippen LogP) is 3.92. The first kappa shape index (κ1) is 16.9. The zero-order valence-electron chi connectivity index (χ0n) is 13.4. The Morgan fingerprint density at radius 2 is 1.56 bits per heavy atom. The van der Waals surface area contributed by atoms with Gasteiger partial charge in [-0.25, -0.2) is 0 Å². The van der Waals surface area contributed by atoms with Crippen LogP contribution in [0.2, 0.25) is 5.02 Å². The lowest BCUT2D eigenvalue weighted by molar-refractivity contribution is -0.115. The van der Waals surface area contributed by atoms with Crippen LogP contribution in [0.1, 0.15) is 11.1 Å². The van der Waals surface area contributed by atoms with Crippen molar-refractivity contribution in [2.24, 2.45) is 0 Å². The van der Waals surface area contributed by atoms with Crippen molar-refractivity contribution in [3.63, 3.8) is 0 Å². The van der Waals surface area contributed by atoms with Gasteiger partial charge in [-0.3, -0.25) is 4.79 Å². The summed E-state index contributed by atoms with van der Waals surface area (Å²) in [7, 11) is 0. The number of aromatic nitrogens is 2. The van der Waals surface area contributed by atoms with Crippen molar-refractivity contribution < 1.29 is 4.79 Å². The van der Waals surface area contributed by atoms with Crippen LogP contribution in [0.3, 0.4) is 0 Å². The lowest BCUT2D eigenvalue weighted by Gasteiger charge is -2.08. The van der Waals surface area contributed by atoms with E-state index >= 15 is 0 Å². The number of benzene rings is 2. The fourth-order valence-corrected chi connectivity index (χ4v) is 2.49. The van der Waals surface area contributed by atoms with Crippen molar-refractivity contribution in [2.45, 2.75) is 13.0 Å². The van der Waals surface area contributed by atoms with E-state index in [0.29, 0.717) is 29.6 Å².